The summed E-state index contributed by atoms with van der Waals surface area (Å²) in [5.41, 5.74) is -3.45. The molecule has 0 amide bonds. The van der Waals surface area contributed by atoms with E-state index < -0.39 is 69.7 Å². The van der Waals surface area contributed by atoms with Gasteiger partial charge in [0.2, 0.25) is 0 Å². The molecule has 2 fully saturated rings. The van der Waals surface area contributed by atoms with Gasteiger partial charge >= 0.3 is 41.8 Å². The molecule has 0 radical (unpaired) electrons. The second-order valence-electron chi connectivity index (χ2n) is 11.5. The molecule has 53 heavy (non-hydrogen) atoms. The predicted molar refractivity (Wildman–Crippen MR) is 193 cm³/mol. The van der Waals surface area contributed by atoms with Crippen molar-refractivity contribution in [3.8, 4) is 0 Å². The van der Waals surface area contributed by atoms with E-state index in [9.17, 15) is 33.6 Å². The minimum absolute atomic E-state index is 0.213. The Bertz CT molecular complexity index is 1570. The molecule has 1 unspecified atom stereocenters. The number of carbonyl (C=O) groups is 8. The molecule has 0 aliphatic carbocycles. The van der Waals surface area contributed by atoms with Crippen molar-refractivity contribution in [3.05, 3.63) is 95.6 Å². The Morgan fingerprint density at radius 2 is 1.19 bits per heavy atom. The van der Waals surface area contributed by atoms with Gasteiger partial charge in [0, 0.05) is 6.92 Å². The van der Waals surface area contributed by atoms with Crippen molar-refractivity contribution in [1.82, 2.24) is 0 Å². The molecule has 288 valence electrons. The lowest BCUT2D eigenvalue weighted by Gasteiger charge is -2.31. The van der Waals surface area contributed by atoms with Crippen LogP contribution in [0.1, 0.15) is 111 Å². The van der Waals surface area contributed by atoms with Crippen LogP contribution in [0.4, 0.5) is 0 Å². The van der Waals surface area contributed by atoms with Crippen LogP contribution < -0.4 is 0 Å². The molecule has 0 bridgehead atoms. The third-order valence-corrected chi connectivity index (χ3v) is 7.49. The van der Waals surface area contributed by atoms with Crippen molar-refractivity contribution in [2.24, 2.45) is 16.7 Å². The summed E-state index contributed by atoms with van der Waals surface area (Å²) < 4.78 is 9.36. The van der Waals surface area contributed by atoms with Crippen LogP contribution in [-0.4, -0.2) is 68.2 Å². The van der Waals surface area contributed by atoms with Crippen molar-refractivity contribution < 1.29 is 68.3 Å². The van der Waals surface area contributed by atoms with Crippen molar-refractivity contribution in [3.63, 3.8) is 0 Å². The van der Waals surface area contributed by atoms with Gasteiger partial charge in [0.05, 0.1) is 29.0 Å². The highest BCUT2D eigenvalue weighted by Crippen LogP contribution is 2.51. The number of hydrogen-bond donors (Lipinski definition) is 4. The van der Waals surface area contributed by atoms with Crippen molar-refractivity contribution >= 4 is 47.8 Å². The highest BCUT2D eigenvalue weighted by atomic mass is 16.6. The van der Waals surface area contributed by atoms with Crippen LogP contribution in [0.15, 0.2) is 79.0 Å². The van der Waals surface area contributed by atoms with Gasteiger partial charge in [-0.25, -0.2) is 14.4 Å². The van der Waals surface area contributed by atoms with E-state index in [-0.39, 0.29) is 17.9 Å². The second kappa shape index (κ2) is 23.5. The average Bonchev–Trinajstić information content (AvgIpc) is 3.50. The Morgan fingerprint density at radius 1 is 0.717 bits per heavy atom. The first kappa shape index (κ1) is 47.1. The minimum Gasteiger partial charge on any atom is -0.481 e. The van der Waals surface area contributed by atoms with E-state index in [0.717, 1.165) is 38.0 Å². The number of aliphatic carboxylic acids is 1. The third-order valence-electron chi connectivity index (χ3n) is 7.49. The number of unbranched alkanes of at least 4 members (excludes halogenated alkanes) is 4. The van der Waals surface area contributed by atoms with Gasteiger partial charge in [0.15, 0.2) is 0 Å². The molecule has 2 aliphatic heterocycles. The summed E-state index contributed by atoms with van der Waals surface area (Å²) in [6.45, 7) is 10.5. The number of hydrogen-bond acceptors (Lipinski definition) is 10. The van der Waals surface area contributed by atoms with E-state index in [1.165, 1.54) is 19.3 Å². The zero-order valence-electron chi connectivity index (χ0n) is 30.7. The number of carboxylic acid groups (broad SMARTS) is 4. The summed E-state index contributed by atoms with van der Waals surface area (Å²) in [7, 11) is 0. The van der Waals surface area contributed by atoms with Gasteiger partial charge in [-0.05, 0) is 58.7 Å². The summed E-state index contributed by atoms with van der Waals surface area (Å²) in [4.78, 5) is 87.1. The predicted octanol–water partition coefficient (Wildman–Crippen LogP) is 6.82. The lowest BCUT2D eigenvalue weighted by atomic mass is 9.63. The average molecular weight is 741 g/mol. The number of carboxylic acids is 4. The van der Waals surface area contributed by atoms with Crippen LogP contribution >= 0.6 is 0 Å². The van der Waals surface area contributed by atoms with Crippen molar-refractivity contribution in [1.29, 1.82) is 0 Å². The first-order valence-electron chi connectivity index (χ1n) is 16.7. The maximum atomic E-state index is 12.2. The van der Waals surface area contributed by atoms with Crippen LogP contribution in [0.3, 0.4) is 0 Å². The molecule has 14 heteroatoms. The Balaban J connectivity index is 0.000000733. The number of aromatic carboxylic acids is 3. The first-order valence-corrected chi connectivity index (χ1v) is 16.7. The van der Waals surface area contributed by atoms with E-state index in [1.54, 1.807) is 54.7 Å². The highest BCUT2D eigenvalue weighted by Gasteiger charge is 2.63. The Kier molecular flexibility index (Phi) is 20.9. The molecule has 0 aromatic heterocycles. The zero-order valence-corrected chi connectivity index (χ0v) is 30.7. The van der Waals surface area contributed by atoms with Gasteiger partial charge in [-0.15, -0.1) is 0 Å². The molecule has 0 saturated carbocycles. The summed E-state index contributed by atoms with van der Waals surface area (Å²) in [6.07, 6.45) is 23.8. The van der Waals surface area contributed by atoms with Crippen LogP contribution in [0.5, 0.6) is 0 Å². The molecular formula is C39H48O14. The fraction of sp³-hybridized carbons (Fsp3) is 0.385. The van der Waals surface area contributed by atoms with Gasteiger partial charge in [-0.3, -0.25) is 24.0 Å². The molecule has 14 nitrogen and oxygen atoms in total. The van der Waals surface area contributed by atoms with E-state index in [0.29, 0.717) is 0 Å². The lowest BCUT2D eigenvalue weighted by Crippen LogP contribution is -2.39. The smallest absolute Gasteiger partial charge is 0.336 e. The summed E-state index contributed by atoms with van der Waals surface area (Å²) in [5.74, 6) is -7.24. The number of carbonyl (C=O) groups excluding carboxylic acids is 4. The Morgan fingerprint density at radius 3 is 1.55 bits per heavy atom. The van der Waals surface area contributed by atoms with Crippen molar-refractivity contribution in [2.45, 2.75) is 80.1 Å². The van der Waals surface area contributed by atoms with Crippen LogP contribution in [0.2, 0.25) is 0 Å². The molecule has 2 aliphatic rings. The van der Waals surface area contributed by atoms with Crippen molar-refractivity contribution in [2.75, 3.05) is 0 Å². The van der Waals surface area contributed by atoms with Gasteiger partial charge in [0.25, 0.3) is 5.97 Å². The number of cyclic esters (lactones) is 4. The van der Waals surface area contributed by atoms with Gasteiger partial charge in [-0.1, -0.05) is 86.9 Å². The molecular weight excluding hydrogens is 692 g/mol. The van der Waals surface area contributed by atoms with E-state index in [1.807, 2.05) is 33.8 Å². The molecule has 1 aromatic carbocycles. The SMILES string of the molecule is CC(=O)O.CC=CC1(C=CC)C(=O)OC(=O)C1(C=CC)C=CC.CCCCCCC=CC1CC(=O)OC1=O.O=C(O)c1ccc(C(=O)O)c(C(=O)O)c1. The van der Waals surface area contributed by atoms with Gasteiger partial charge in [0.1, 0.15) is 10.8 Å². The maximum absolute atomic E-state index is 12.2. The number of rotatable bonds is 13. The van der Waals surface area contributed by atoms with E-state index in [4.69, 9.17) is 30.0 Å². The zero-order chi connectivity index (χ0) is 40.8. The lowest BCUT2D eigenvalue weighted by molar-refractivity contribution is -0.155. The van der Waals surface area contributed by atoms with Crippen LogP contribution in [0.25, 0.3) is 0 Å². The molecule has 1 atom stereocenters. The standard InChI is InChI=1S/C16H20O3.C12H18O3.C9H6O6.C2H4O2/c1-5-9-15(10-6-2)13(17)19-14(18)16(15,11-7-3)12-8-4;1-2-3-4-5-6-7-8-10-9-11(13)15-12(10)14;10-7(11)4-1-2-5(8(12)13)6(3-4)9(14)15;1-2(3)4/h5-12H,1-4H3;7-8,10H,2-6,9H2,1H3;1-3H,(H,10,11)(H,12,13)(H,14,15);1H3,(H,3,4). The number of esters is 4. The normalized spacial score (nSPS) is 20.8. The maximum Gasteiger partial charge on any atom is 0.336 e. The summed E-state index contributed by atoms with van der Waals surface area (Å²) in [5, 5.41) is 33.3. The molecule has 3 rings (SSSR count). The quantitative estimate of drug-likeness (QED) is 0.0703. The Hall–Kier alpha value is -5.92. The molecule has 2 heterocycles. The fourth-order valence-electron chi connectivity index (χ4n) is 5.21. The highest BCUT2D eigenvalue weighted by molar-refractivity contribution is 6.07. The van der Waals surface area contributed by atoms with Crippen LogP contribution in [-0.2, 0) is 33.4 Å². The second-order valence-corrected chi connectivity index (χ2v) is 11.5. The minimum atomic E-state index is -1.48. The van der Waals surface area contributed by atoms with E-state index in [2.05, 4.69) is 11.7 Å². The number of benzene rings is 1. The summed E-state index contributed by atoms with van der Waals surface area (Å²) in [6, 6.07) is 2.81. The van der Waals surface area contributed by atoms with E-state index >= 15 is 0 Å². The van der Waals surface area contributed by atoms with Gasteiger partial charge < -0.3 is 29.9 Å². The molecule has 2 saturated heterocycles. The van der Waals surface area contributed by atoms with Gasteiger partial charge in [-0.2, -0.15) is 0 Å². The topological polar surface area (TPSA) is 236 Å². The summed E-state index contributed by atoms with van der Waals surface area (Å²) >= 11 is 0. The van der Waals surface area contributed by atoms with Crippen LogP contribution in [0, 0.1) is 16.7 Å². The number of ether oxygens (including phenoxy) is 2. The monoisotopic (exact) mass is 740 g/mol. The largest absolute Gasteiger partial charge is 0.481 e. The molecule has 0 spiro atoms. The fourth-order valence-corrected chi connectivity index (χ4v) is 5.21. The third kappa shape index (κ3) is 14.0. The molecule has 1 aromatic rings. The number of allylic oxidation sites excluding steroid dienone is 5. The molecule has 4 N–H and O–H groups in total. The Labute approximate surface area is 308 Å². The first-order chi connectivity index (χ1) is 24.9.